The Morgan fingerprint density at radius 1 is 1.30 bits per heavy atom. The van der Waals surface area contributed by atoms with Crippen molar-refractivity contribution in [3.05, 3.63) is 29.8 Å². The van der Waals surface area contributed by atoms with Crippen LogP contribution in [0, 0.1) is 0 Å². The minimum Gasteiger partial charge on any atom is -0.496 e. The van der Waals surface area contributed by atoms with Gasteiger partial charge in [0, 0.05) is 11.1 Å². The Bertz CT molecular complexity index is 530. The summed E-state index contributed by atoms with van der Waals surface area (Å²) in [5, 5.41) is 3.22. The molecule has 1 aliphatic heterocycles. The zero-order valence-electron chi connectivity index (χ0n) is 14.8. The van der Waals surface area contributed by atoms with Crippen LogP contribution < -0.4 is 15.8 Å². The smallest absolute Gasteiger partial charge is 0.189 e. The summed E-state index contributed by atoms with van der Waals surface area (Å²) >= 11 is 0. The number of ether oxygens (including phenoxy) is 1. The maximum absolute atomic E-state index is 6.04. The van der Waals surface area contributed by atoms with Crippen molar-refractivity contribution in [3.63, 3.8) is 0 Å². The molecule has 1 heterocycles. The summed E-state index contributed by atoms with van der Waals surface area (Å²) in [4.78, 5) is 7.07. The average Bonchev–Trinajstić information content (AvgIpc) is 3.00. The number of nitrogens with zero attached hydrogens (tertiary/aromatic N) is 2. The van der Waals surface area contributed by atoms with Crippen LogP contribution in [0.15, 0.2) is 29.3 Å². The van der Waals surface area contributed by atoms with E-state index in [9.17, 15) is 0 Å². The van der Waals surface area contributed by atoms with Crippen LogP contribution in [0.4, 0.5) is 0 Å². The summed E-state index contributed by atoms with van der Waals surface area (Å²) in [6.45, 7) is 9.07. The number of para-hydroxylation sites is 1. The highest BCUT2D eigenvalue weighted by Crippen LogP contribution is 2.31. The first kappa shape index (κ1) is 17.6. The van der Waals surface area contributed by atoms with Crippen molar-refractivity contribution in [1.29, 1.82) is 0 Å². The molecule has 1 aromatic rings. The van der Waals surface area contributed by atoms with Gasteiger partial charge in [-0.25, -0.2) is 0 Å². The number of benzene rings is 1. The lowest BCUT2D eigenvalue weighted by Crippen LogP contribution is -2.45. The van der Waals surface area contributed by atoms with E-state index >= 15 is 0 Å². The molecule has 0 radical (unpaired) electrons. The molecule has 1 atom stereocenters. The zero-order chi connectivity index (χ0) is 16.9. The molecule has 1 aliphatic rings. The van der Waals surface area contributed by atoms with Crippen LogP contribution in [-0.2, 0) is 0 Å². The first-order valence-corrected chi connectivity index (χ1v) is 8.36. The minimum absolute atomic E-state index is 0.0822. The van der Waals surface area contributed by atoms with Crippen LogP contribution in [0.1, 0.15) is 45.2 Å². The van der Waals surface area contributed by atoms with Gasteiger partial charge in [-0.1, -0.05) is 18.2 Å². The number of nitrogens with one attached hydrogen (secondary N) is 1. The molecule has 1 fully saturated rings. The number of methoxy groups -OCH3 is 1. The number of nitrogens with two attached hydrogens (primary N) is 1. The molecule has 3 N–H and O–H groups in total. The van der Waals surface area contributed by atoms with Crippen LogP contribution in [0.25, 0.3) is 0 Å². The van der Waals surface area contributed by atoms with E-state index in [0.29, 0.717) is 12.5 Å². The molecule has 128 valence electrons. The number of rotatable bonds is 5. The Hall–Kier alpha value is -1.75. The van der Waals surface area contributed by atoms with Gasteiger partial charge in [0.15, 0.2) is 5.96 Å². The fraction of sp³-hybridized carbons (Fsp3) is 0.611. The largest absolute Gasteiger partial charge is 0.496 e. The van der Waals surface area contributed by atoms with Crippen molar-refractivity contribution in [2.24, 2.45) is 10.7 Å². The molecule has 1 saturated heterocycles. The molecule has 0 spiro atoms. The van der Waals surface area contributed by atoms with Gasteiger partial charge in [0.25, 0.3) is 0 Å². The molecule has 0 amide bonds. The second-order valence-electron chi connectivity index (χ2n) is 7.10. The fourth-order valence-corrected chi connectivity index (χ4v) is 3.01. The molecule has 0 saturated carbocycles. The molecule has 1 aromatic carbocycles. The first-order chi connectivity index (χ1) is 10.9. The summed E-state index contributed by atoms with van der Waals surface area (Å²) in [6, 6.07) is 8.40. The third kappa shape index (κ3) is 5.13. The average molecular weight is 318 g/mol. The second kappa shape index (κ2) is 7.68. The van der Waals surface area contributed by atoms with Crippen molar-refractivity contribution in [2.45, 2.75) is 45.2 Å². The van der Waals surface area contributed by atoms with Crippen molar-refractivity contribution >= 4 is 5.96 Å². The maximum atomic E-state index is 6.04. The van der Waals surface area contributed by atoms with Crippen LogP contribution in [-0.4, -0.2) is 43.1 Å². The van der Waals surface area contributed by atoms with Gasteiger partial charge in [-0.05, 0) is 52.8 Å². The highest BCUT2D eigenvalue weighted by atomic mass is 16.5. The van der Waals surface area contributed by atoms with E-state index in [1.165, 1.54) is 18.4 Å². The Balaban J connectivity index is 2.20. The molecular formula is C18H30N4O. The van der Waals surface area contributed by atoms with Gasteiger partial charge in [-0.2, -0.15) is 0 Å². The van der Waals surface area contributed by atoms with E-state index in [1.807, 2.05) is 12.1 Å². The monoisotopic (exact) mass is 318 g/mol. The molecule has 0 aromatic heterocycles. The van der Waals surface area contributed by atoms with Crippen molar-refractivity contribution in [2.75, 3.05) is 26.7 Å². The van der Waals surface area contributed by atoms with Crippen LogP contribution >= 0.6 is 0 Å². The Morgan fingerprint density at radius 2 is 1.96 bits per heavy atom. The summed E-state index contributed by atoms with van der Waals surface area (Å²) < 4.78 is 5.55. The van der Waals surface area contributed by atoms with Gasteiger partial charge < -0.3 is 15.8 Å². The third-order valence-corrected chi connectivity index (χ3v) is 4.02. The Kier molecular flexibility index (Phi) is 5.88. The molecule has 23 heavy (non-hydrogen) atoms. The number of aliphatic imine (C=N–C) groups is 1. The van der Waals surface area contributed by atoms with Gasteiger partial charge in [0.2, 0.25) is 0 Å². The fourth-order valence-electron chi connectivity index (χ4n) is 3.01. The molecule has 5 nitrogen and oxygen atoms in total. The first-order valence-electron chi connectivity index (χ1n) is 8.36. The van der Waals surface area contributed by atoms with Gasteiger partial charge in [0.1, 0.15) is 5.75 Å². The van der Waals surface area contributed by atoms with Crippen LogP contribution in [0.5, 0.6) is 5.75 Å². The van der Waals surface area contributed by atoms with Crippen LogP contribution in [0.2, 0.25) is 0 Å². The van der Waals surface area contributed by atoms with E-state index in [0.717, 1.165) is 18.8 Å². The van der Waals surface area contributed by atoms with E-state index in [-0.39, 0.29) is 11.6 Å². The molecule has 0 aliphatic carbocycles. The molecular weight excluding hydrogens is 288 g/mol. The summed E-state index contributed by atoms with van der Waals surface area (Å²) in [7, 11) is 1.72. The lowest BCUT2D eigenvalue weighted by molar-refractivity contribution is 0.245. The predicted molar refractivity (Wildman–Crippen MR) is 95.9 cm³/mol. The SMILES string of the molecule is COc1ccccc1C(CN=C(N)NC(C)(C)C)N1CCCC1. The number of hydrogen-bond acceptors (Lipinski definition) is 3. The number of likely N-dealkylation sites (tertiary alicyclic amines) is 1. The highest BCUT2D eigenvalue weighted by molar-refractivity contribution is 5.78. The van der Waals surface area contributed by atoms with Gasteiger partial charge >= 0.3 is 0 Å². The van der Waals surface area contributed by atoms with E-state index < -0.39 is 0 Å². The number of hydrogen-bond donors (Lipinski definition) is 2. The lowest BCUT2D eigenvalue weighted by atomic mass is 10.0. The highest BCUT2D eigenvalue weighted by Gasteiger charge is 2.25. The normalized spacial score (nSPS) is 18.0. The van der Waals surface area contributed by atoms with Crippen LogP contribution in [0.3, 0.4) is 0 Å². The van der Waals surface area contributed by atoms with E-state index in [4.69, 9.17) is 10.5 Å². The Morgan fingerprint density at radius 3 is 2.57 bits per heavy atom. The van der Waals surface area contributed by atoms with Gasteiger partial charge in [0.05, 0.1) is 19.7 Å². The van der Waals surface area contributed by atoms with E-state index in [1.54, 1.807) is 7.11 Å². The summed E-state index contributed by atoms with van der Waals surface area (Å²) in [6.07, 6.45) is 2.48. The lowest BCUT2D eigenvalue weighted by Gasteiger charge is -2.28. The van der Waals surface area contributed by atoms with E-state index in [2.05, 4.69) is 48.1 Å². The minimum atomic E-state index is -0.0822. The van der Waals surface area contributed by atoms with Crippen molar-refractivity contribution in [1.82, 2.24) is 10.2 Å². The second-order valence-corrected chi connectivity index (χ2v) is 7.10. The Labute approximate surface area is 139 Å². The zero-order valence-corrected chi connectivity index (χ0v) is 14.8. The van der Waals surface area contributed by atoms with Crippen molar-refractivity contribution < 1.29 is 4.74 Å². The molecule has 0 bridgehead atoms. The maximum Gasteiger partial charge on any atom is 0.189 e. The molecule has 1 unspecified atom stereocenters. The van der Waals surface area contributed by atoms with Gasteiger partial charge in [-0.15, -0.1) is 0 Å². The molecule has 5 heteroatoms. The predicted octanol–water partition coefficient (Wildman–Crippen LogP) is 2.53. The third-order valence-electron chi connectivity index (χ3n) is 4.02. The number of guanidine groups is 1. The topological polar surface area (TPSA) is 62.9 Å². The standard InChI is InChI=1S/C18H30N4O/c1-18(2,3)21-17(19)20-13-15(22-11-7-8-12-22)14-9-5-6-10-16(14)23-4/h5-6,9-10,15H,7-8,11-13H2,1-4H3,(H3,19,20,21). The summed E-state index contributed by atoms with van der Waals surface area (Å²) in [5.41, 5.74) is 7.15. The van der Waals surface area contributed by atoms with Gasteiger partial charge in [-0.3, -0.25) is 9.89 Å². The quantitative estimate of drug-likeness (QED) is 0.647. The molecule has 2 rings (SSSR count). The van der Waals surface area contributed by atoms with Crippen molar-refractivity contribution in [3.8, 4) is 5.75 Å². The summed E-state index contributed by atoms with van der Waals surface area (Å²) in [5.74, 6) is 1.42.